The van der Waals surface area contributed by atoms with Gasteiger partial charge in [0.15, 0.2) is 0 Å². The molecule has 0 spiro atoms. The topological polar surface area (TPSA) is 54.3 Å². The molecule has 2 atom stereocenters. The Morgan fingerprint density at radius 2 is 1.97 bits per heavy atom. The van der Waals surface area contributed by atoms with Crippen LogP contribution in [0.3, 0.4) is 0 Å². The van der Waals surface area contributed by atoms with Crippen molar-refractivity contribution in [3.8, 4) is 17.2 Å². The smallest absolute Gasteiger partial charge is 0.213 e. The number of benzene rings is 3. The molecule has 0 aliphatic carbocycles. The number of fused-ring (bicyclic) bond motifs is 3. The molecular weight excluding hydrogens is 371 g/mol. The minimum atomic E-state index is -0.559. The van der Waals surface area contributed by atoms with E-state index in [-0.39, 0.29) is 17.6 Å². The second-order valence-electron chi connectivity index (χ2n) is 7.09. The lowest BCUT2D eigenvalue weighted by molar-refractivity contribution is -0.0192. The maximum Gasteiger partial charge on any atom is 0.213 e. The van der Waals surface area contributed by atoms with Gasteiger partial charge in [-0.15, -0.1) is 0 Å². The summed E-state index contributed by atoms with van der Waals surface area (Å²) in [4.78, 5) is 0. The van der Waals surface area contributed by atoms with Crippen molar-refractivity contribution in [2.75, 3.05) is 7.11 Å². The number of rotatable bonds is 3. The lowest BCUT2D eigenvalue weighted by Gasteiger charge is -2.38. The molecule has 3 aromatic carbocycles. The predicted molar refractivity (Wildman–Crippen MR) is 107 cm³/mol. The van der Waals surface area contributed by atoms with Gasteiger partial charge in [-0.05, 0) is 36.4 Å². The third kappa shape index (κ3) is 2.97. The Kier molecular flexibility index (Phi) is 4.12. The Morgan fingerprint density at radius 1 is 1.10 bits per heavy atom. The largest absolute Gasteiger partial charge is 0.507 e. The van der Waals surface area contributed by atoms with Gasteiger partial charge in [-0.25, -0.2) is 9.40 Å². The maximum atomic E-state index is 13.9. The molecule has 3 aromatic rings. The molecule has 0 amide bonds. The minimum absolute atomic E-state index is 0.0752. The molecule has 0 aromatic heterocycles. The van der Waals surface area contributed by atoms with Gasteiger partial charge >= 0.3 is 0 Å². The summed E-state index contributed by atoms with van der Waals surface area (Å²) >= 11 is 0. The van der Waals surface area contributed by atoms with Gasteiger partial charge in [-0.3, -0.25) is 0 Å². The summed E-state index contributed by atoms with van der Waals surface area (Å²) in [7, 11) is 1.58. The van der Waals surface area contributed by atoms with E-state index in [1.807, 2.05) is 35.3 Å². The van der Waals surface area contributed by atoms with Crippen LogP contribution >= 0.6 is 0 Å². The molecule has 1 N–H and O–H groups in total. The number of hydrazone groups is 1. The standard InChI is InChI=1S/C23H19FN2O3/c1-28-16-9-10-21(27)18(12-16)19-13-20-17-7-2-3-8-22(17)29-23(26(20)25-19)14-5-4-6-15(24)11-14/h2-12,20,23,27H,13H2,1H3/t20-,23+/m0/s1. The highest BCUT2D eigenvalue weighted by Gasteiger charge is 2.41. The van der Waals surface area contributed by atoms with Crippen molar-refractivity contribution in [2.24, 2.45) is 5.10 Å². The van der Waals surface area contributed by atoms with Gasteiger partial charge in [0.05, 0.1) is 18.9 Å². The lowest BCUT2D eigenvalue weighted by Crippen LogP contribution is -2.33. The summed E-state index contributed by atoms with van der Waals surface area (Å²) in [5, 5.41) is 17.0. The van der Waals surface area contributed by atoms with E-state index < -0.39 is 6.23 Å². The number of phenolic OH excluding ortho intramolecular Hbond substituents is 1. The number of hydrogen-bond donors (Lipinski definition) is 1. The number of hydrogen-bond acceptors (Lipinski definition) is 5. The Balaban J connectivity index is 1.61. The van der Waals surface area contributed by atoms with Crippen LogP contribution in [0.2, 0.25) is 0 Å². The molecule has 0 fully saturated rings. The third-order valence-corrected chi connectivity index (χ3v) is 5.35. The summed E-state index contributed by atoms with van der Waals surface area (Å²) in [5.74, 6) is 1.22. The van der Waals surface area contributed by atoms with Crippen molar-refractivity contribution >= 4 is 5.71 Å². The number of ether oxygens (including phenoxy) is 2. The fourth-order valence-electron chi connectivity index (χ4n) is 3.95. The van der Waals surface area contributed by atoms with E-state index in [0.29, 0.717) is 23.3 Å². The van der Waals surface area contributed by atoms with Crippen LogP contribution in [0.25, 0.3) is 0 Å². The second-order valence-corrected chi connectivity index (χ2v) is 7.09. The van der Waals surface area contributed by atoms with Crippen LogP contribution in [0.4, 0.5) is 4.39 Å². The zero-order chi connectivity index (χ0) is 20.0. The van der Waals surface area contributed by atoms with Crippen molar-refractivity contribution in [3.05, 3.63) is 89.2 Å². The van der Waals surface area contributed by atoms with Crippen molar-refractivity contribution < 1.29 is 19.0 Å². The van der Waals surface area contributed by atoms with Crippen molar-refractivity contribution in [3.63, 3.8) is 0 Å². The second kappa shape index (κ2) is 6.81. The average Bonchev–Trinajstić information content (AvgIpc) is 3.19. The number of para-hydroxylation sites is 1. The molecule has 5 nitrogen and oxygen atoms in total. The number of aromatic hydroxyl groups is 1. The molecular formula is C23H19FN2O3. The van der Waals surface area contributed by atoms with Gasteiger partial charge < -0.3 is 14.6 Å². The molecule has 0 saturated carbocycles. The Morgan fingerprint density at radius 3 is 2.79 bits per heavy atom. The SMILES string of the molecule is COc1ccc(O)c(C2=NN3[C@@H](c4cccc(F)c4)Oc4ccccc4[C@@H]3C2)c1. The van der Waals surface area contributed by atoms with Gasteiger partial charge in [-0.1, -0.05) is 30.3 Å². The molecule has 146 valence electrons. The van der Waals surface area contributed by atoms with Crippen LogP contribution in [-0.4, -0.2) is 22.9 Å². The fraction of sp³-hybridized carbons (Fsp3) is 0.174. The number of nitrogens with zero attached hydrogens (tertiary/aromatic N) is 2. The van der Waals surface area contributed by atoms with Crippen LogP contribution in [0.1, 0.15) is 35.4 Å². The first-order valence-electron chi connectivity index (χ1n) is 9.38. The van der Waals surface area contributed by atoms with E-state index in [2.05, 4.69) is 0 Å². The van der Waals surface area contributed by atoms with E-state index in [0.717, 1.165) is 17.0 Å². The molecule has 0 bridgehead atoms. The van der Waals surface area contributed by atoms with Crippen LogP contribution < -0.4 is 9.47 Å². The Hall–Kier alpha value is -3.54. The fourth-order valence-corrected chi connectivity index (χ4v) is 3.95. The van der Waals surface area contributed by atoms with Crippen molar-refractivity contribution in [2.45, 2.75) is 18.7 Å². The number of phenols is 1. The van der Waals surface area contributed by atoms with Crippen molar-refractivity contribution in [1.29, 1.82) is 0 Å². The normalized spacial score (nSPS) is 19.8. The molecule has 0 unspecified atom stereocenters. The van der Waals surface area contributed by atoms with E-state index in [9.17, 15) is 9.50 Å². The van der Waals surface area contributed by atoms with Gasteiger partial charge in [0.2, 0.25) is 6.23 Å². The summed E-state index contributed by atoms with van der Waals surface area (Å²) in [5.41, 5.74) is 3.05. The summed E-state index contributed by atoms with van der Waals surface area (Å²) in [6.45, 7) is 0. The van der Waals surface area contributed by atoms with E-state index in [1.54, 1.807) is 31.4 Å². The summed E-state index contributed by atoms with van der Waals surface area (Å²) in [6, 6.07) is 19.2. The molecule has 2 heterocycles. The minimum Gasteiger partial charge on any atom is -0.507 e. The number of halogens is 1. The molecule has 6 heteroatoms. The van der Waals surface area contributed by atoms with E-state index >= 15 is 0 Å². The highest BCUT2D eigenvalue weighted by atomic mass is 19.1. The van der Waals surface area contributed by atoms with E-state index in [4.69, 9.17) is 14.6 Å². The van der Waals surface area contributed by atoms with E-state index in [1.165, 1.54) is 12.1 Å². The first-order chi connectivity index (χ1) is 14.1. The number of methoxy groups -OCH3 is 1. The summed E-state index contributed by atoms with van der Waals surface area (Å²) in [6.07, 6.45) is 0.0308. The third-order valence-electron chi connectivity index (χ3n) is 5.35. The highest BCUT2D eigenvalue weighted by Crippen LogP contribution is 2.48. The average molecular weight is 390 g/mol. The monoisotopic (exact) mass is 390 g/mol. The van der Waals surface area contributed by atoms with Gasteiger partial charge in [0, 0.05) is 23.1 Å². The van der Waals surface area contributed by atoms with Gasteiger partial charge in [0.1, 0.15) is 23.1 Å². The zero-order valence-electron chi connectivity index (χ0n) is 15.7. The summed E-state index contributed by atoms with van der Waals surface area (Å²) < 4.78 is 25.4. The zero-order valence-corrected chi connectivity index (χ0v) is 15.7. The molecule has 29 heavy (non-hydrogen) atoms. The molecule has 2 aliphatic rings. The first kappa shape index (κ1) is 17.6. The quantitative estimate of drug-likeness (QED) is 0.699. The molecule has 0 radical (unpaired) electrons. The van der Waals surface area contributed by atoms with Gasteiger partial charge in [-0.2, -0.15) is 5.10 Å². The Bertz CT molecular complexity index is 1110. The van der Waals surface area contributed by atoms with Gasteiger partial charge in [0.25, 0.3) is 0 Å². The molecule has 2 aliphatic heterocycles. The first-order valence-corrected chi connectivity index (χ1v) is 9.38. The van der Waals surface area contributed by atoms with Crippen LogP contribution in [0, 0.1) is 5.82 Å². The van der Waals surface area contributed by atoms with Crippen LogP contribution in [0.5, 0.6) is 17.2 Å². The van der Waals surface area contributed by atoms with Crippen molar-refractivity contribution in [1.82, 2.24) is 5.01 Å². The Labute approximate surface area is 167 Å². The predicted octanol–water partition coefficient (Wildman–Crippen LogP) is 4.78. The molecule has 0 saturated heterocycles. The lowest BCUT2D eigenvalue weighted by atomic mass is 9.95. The highest BCUT2D eigenvalue weighted by molar-refractivity contribution is 6.04. The molecule has 5 rings (SSSR count). The van der Waals surface area contributed by atoms with Crippen LogP contribution in [-0.2, 0) is 0 Å². The maximum absolute atomic E-state index is 13.9. The van der Waals surface area contributed by atoms with Crippen LogP contribution in [0.15, 0.2) is 71.8 Å².